The van der Waals surface area contributed by atoms with E-state index in [-0.39, 0.29) is 5.82 Å². The molecule has 0 fully saturated rings. The van der Waals surface area contributed by atoms with Crippen LogP contribution in [0.2, 0.25) is 0 Å². The average Bonchev–Trinajstić information content (AvgIpc) is 2.45. The lowest BCUT2D eigenvalue weighted by Gasteiger charge is -2.14. The highest BCUT2D eigenvalue weighted by atomic mass is 19.1. The Morgan fingerprint density at radius 2 is 1.95 bits per heavy atom. The Kier molecular flexibility index (Phi) is 3.92. The molecule has 98 valence electrons. The first-order valence-corrected chi connectivity index (χ1v) is 5.74. The standard InChI is InChI=1S/C15H13FO3/c1-19-15(18)14(17)13-8-3-2-7-12(13)10-5-4-6-11(16)9-10/h2-9,14,17H,1H3. The minimum Gasteiger partial charge on any atom is -0.467 e. The minimum atomic E-state index is -1.38. The van der Waals surface area contributed by atoms with Gasteiger partial charge in [-0.1, -0.05) is 36.4 Å². The molecule has 2 rings (SSSR count). The maximum Gasteiger partial charge on any atom is 0.339 e. The summed E-state index contributed by atoms with van der Waals surface area (Å²) in [6.07, 6.45) is -1.38. The highest BCUT2D eigenvalue weighted by Crippen LogP contribution is 2.29. The maximum absolute atomic E-state index is 13.3. The summed E-state index contributed by atoms with van der Waals surface area (Å²) in [6.45, 7) is 0. The Hall–Kier alpha value is -2.20. The normalized spacial score (nSPS) is 11.9. The molecule has 0 radical (unpaired) electrons. The summed E-state index contributed by atoms with van der Waals surface area (Å²) in [7, 11) is 1.20. The molecule has 1 N–H and O–H groups in total. The van der Waals surface area contributed by atoms with Gasteiger partial charge in [0.2, 0.25) is 0 Å². The molecular formula is C15H13FO3. The zero-order valence-corrected chi connectivity index (χ0v) is 10.3. The molecule has 0 aromatic heterocycles. The largest absolute Gasteiger partial charge is 0.467 e. The number of benzene rings is 2. The number of carbonyl (C=O) groups excluding carboxylic acids is 1. The van der Waals surface area contributed by atoms with Crippen molar-refractivity contribution in [2.45, 2.75) is 6.10 Å². The first kappa shape index (κ1) is 13.2. The summed E-state index contributed by atoms with van der Waals surface area (Å²) >= 11 is 0. The zero-order valence-electron chi connectivity index (χ0n) is 10.3. The van der Waals surface area contributed by atoms with Gasteiger partial charge in [0.25, 0.3) is 0 Å². The van der Waals surface area contributed by atoms with E-state index in [9.17, 15) is 14.3 Å². The quantitative estimate of drug-likeness (QED) is 0.863. The Morgan fingerprint density at radius 1 is 1.21 bits per heavy atom. The second kappa shape index (κ2) is 5.63. The topological polar surface area (TPSA) is 46.5 Å². The number of carbonyl (C=O) groups is 1. The minimum absolute atomic E-state index is 0.375. The van der Waals surface area contributed by atoms with Crippen LogP contribution in [-0.4, -0.2) is 18.2 Å². The van der Waals surface area contributed by atoms with Gasteiger partial charge in [-0.05, 0) is 28.8 Å². The number of methoxy groups -OCH3 is 1. The molecule has 3 nitrogen and oxygen atoms in total. The van der Waals surface area contributed by atoms with Gasteiger partial charge in [-0.25, -0.2) is 9.18 Å². The van der Waals surface area contributed by atoms with Crippen LogP contribution in [0.15, 0.2) is 48.5 Å². The number of hydrogen-bond acceptors (Lipinski definition) is 3. The molecule has 0 amide bonds. The molecule has 19 heavy (non-hydrogen) atoms. The number of aliphatic hydroxyl groups is 1. The predicted octanol–water partition coefficient (Wildman–Crippen LogP) is 2.70. The van der Waals surface area contributed by atoms with Gasteiger partial charge in [-0.15, -0.1) is 0 Å². The summed E-state index contributed by atoms with van der Waals surface area (Å²) < 4.78 is 17.8. The van der Waals surface area contributed by atoms with Crippen LogP contribution < -0.4 is 0 Å². The Morgan fingerprint density at radius 3 is 2.63 bits per heavy atom. The zero-order chi connectivity index (χ0) is 13.8. The summed E-state index contributed by atoms with van der Waals surface area (Å²) in [6, 6.07) is 12.8. The second-order valence-corrected chi connectivity index (χ2v) is 4.02. The molecule has 0 heterocycles. The van der Waals surface area contributed by atoms with Gasteiger partial charge in [0, 0.05) is 0 Å². The highest BCUT2D eigenvalue weighted by molar-refractivity contribution is 5.80. The SMILES string of the molecule is COC(=O)C(O)c1ccccc1-c1cccc(F)c1. The van der Waals surface area contributed by atoms with E-state index in [0.717, 1.165) is 0 Å². The van der Waals surface area contributed by atoms with Crippen LogP contribution in [-0.2, 0) is 9.53 Å². The molecule has 0 saturated heterocycles. The molecule has 1 unspecified atom stereocenters. The molecule has 0 aliphatic carbocycles. The molecule has 0 bridgehead atoms. The van der Waals surface area contributed by atoms with Crippen LogP contribution in [0.5, 0.6) is 0 Å². The van der Waals surface area contributed by atoms with Crippen molar-refractivity contribution in [3.05, 3.63) is 59.9 Å². The molecule has 0 aliphatic rings. The fraction of sp³-hybridized carbons (Fsp3) is 0.133. The number of ether oxygens (including phenoxy) is 1. The third-order valence-corrected chi connectivity index (χ3v) is 2.82. The van der Waals surface area contributed by atoms with E-state index in [1.54, 1.807) is 36.4 Å². The van der Waals surface area contributed by atoms with Crippen LogP contribution in [0.1, 0.15) is 11.7 Å². The van der Waals surface area contributed by atoms with Gasteiger partial charge in [-0.2, -0.15) is 0 Å². The van der Waals surface area contributed by atoms with E-state index in [0.29, 0.717) is 16.7 Å². The fourth-order valence-corrected chi connectivity index (χ4v) is 1.89. The van der Waals surface area contributed by atoms with Gasteiger partial charge in [0.1, 0.15) is 5.82 Å². The Bertz CT molecular complexity index is 595. The van der Waals surface area contributed by atoms with Crippen molar-refractivity contribution in [1.82, 2.24) is 0 Å². The van der Waals surface area contributed by atoms with Crippen molar-refractivity contribution in [1.29, 1.82) is 0 Å². The van der Waals surface area contributed by atoms with Crippen LogP contribution in [0, 0.1) is 5.82 Å². The average molecular weight is 260 g/mol. The highest BCUT2D eigenvalue weighted by Gasteiger charge is 2.21. The first-order chi connectivity index (χ1) is 9.13. The fourth-order valence-electron chi connectivity index (χ4n) is 1.89. The van der Waals surface area contributed by atoms with Gasteiger partial charge in [0.15, 0.2) is 6.10 Å². The van der Waals surface area contributed by atoms with E-state index >= 15 is 0 Å². The van der Waals surface area contributed by atoms with Crippen LogP contribution in [0.25, 0.3) is 11.1 Å². The lowest BCUT2D eigenvalue weighted by Crippen LogP contribution is -2.14. The molecule has 0 spiro atoms. The Labute approximate surface area is 110 Å². The monoisotopic (exact) mass is 260 g/mol. The molecule has 0 saturated carbocycles. The van der Waals surface area contributed by atoms with Crippen molar-refractivity contribution in [3.8, 4) is 11.1 Å². The van der Waals surface area contributed by atoms with E-state index in [1.807, 2.05) is 0 Å². The van der Waals surface area contributed by atoms with Gasteiger partial charge >= 0.3 is 5.97 Å². The summed E-state index contributed by atoms with van der Waals surface area (Å²) in [5, 5.41) is 9.93. The molecular weight excluding hydrogens is 247 g/mol. The van der Waals surface area contributed by atoms with E-state index in [1.165, 1.54) is 19.2 Å². The molecule has 0 aliphatic heterocycles. The lowest BCUT2D eigenvalue weighted by atomic mass is 9.96. The number of aliphatic hydroxyl groups excluding tert-OH is 1. The molecule has 2 aromatic rings. The van der Waals surface area contributed by atoms with Crippen molar-refractivity contribution in [2.75, 3.05) is 7.11 Å². The van der Waals surface area contributed by atoms with Crippen molar-refractivity contribution < 1.29 is 19.0 Å². The number of rotatable bonds is 3. The third-order valence-electron chi connectivity index (χ3n) is 2.82. The lowest BCUT2D eigenvalue weighted by molar-refractivity contribution is -0.150. The van der Waals surface area contributed by atoms with Gasteiger partial charge < -0.3 is 9.84 Å². The summed E-state index contributed by atoms with van der Waals surface area (Å²) in [4.78, 5) is 11.4. The van der Waals surface area contributed by atoms with E-state index in [2.05, 4.69) is 4.74 Å². The third kappa shape index (κ3) is 2.80. The predicted molar refractivity (Wildman–Crippen MR) is 68.8 cm³/mol. The smallest absolute Gasteiger partial charge is 0.339 e. The van der Waals surface area contributed by atoms with Gasteiger partial charge in [-0.3, -0.25) is 0 Å². The van der Waals surface area contributed by atoms with Crippen LogP contribution in [0.3, 0.4) is 0 Å². The van der Waals surface area contributed by atoms with Gasteiger partial charge in [0.05, 0.1) is 7.11 Å². The first-order valence-electron chi connectivity index (χ1n) is 5.74. The maximum atomic E-state index is 13.3. The number of hydrogen-bond donors (Lipinski definition) is 1. The number of halogens is 1. The van der Waals surface area contributed by atoms with Crippen molar-refractivity contribution in [3.63, 3.8) is 0 Å². The summed E-state index contributed by atoms with van der Waals surface area (Å²) in [5.41, 5.74) is 1.58. The number of esters is 1. The van der Waals surface area contributed by atoms with Crippen LogP contribution >= 0.6 is 0 Å². The van der Waals surface area contributed by atoms with E-state index < -0.39 is 12.1 Å². The second-order valence-electron chi connectivity index (χ2n) is 4.02. The molecule has 2 aromatic carbocycles. The van der Waals surface area contributed by atoms with Crippen molar-refractivity contribution >= 4 is 5.97 Å². The van der Waals surface area contributed by atoms with E-state index in [4.69, 9.17) is 0 Å². The van der Waals surface area contributed by atoms with Crippen molar-refractivity contribution in [2.24, 2.45) is 0 Å². The summed E-state index contributed by atoms with van der Waals surface area (Å²) in [5.74, 6) is -1.12. The Balaban J connectivity index is 2.50. The van der Waals surface area contributed by atoms with Crippen LogP contribution in [0.4, 0.5) is 4.39 Å². The molecule has 4 heteroatoms. The molecule has 1 atom stereocenters.